The third-order valence-electron chi connectivity index (χ3n) is 1.79. The SMILES string of the molecule is C=CC.C=Cc1ccccc1.Oc1ccccc1. The molecule has 0 aromatic heterocycles. The van der Waals surface area contributed by atoms with Crippen molar-refractivity contribution in [1.29, 1.82) is 0 Å². The zero-order chi connectivity index (χ0) is 13.6. The molecule has 0 aliphatic heterocycles. The lowest BCUT2D eigenvalue weighted by Crippen LogP contribution is -1.63. The average molecular weight is 240 g/mol. The topological polar surface area (TPSA) is 20.2 Å². The van der Waals surface area contributed by atoms with Crippen molar-refractivity contribution in [1.82, 2.24) is 0 Å². The minimum absolute atomic E-state index is 0.322. The molecule has 0 aliphatic rings. The summed E-state index contributed by atoms with van der Waals surface area (Å²) in [6.07, 6.45) is 3.58. The number of phenolic OH excluding ortho intramolecular Hbond substituents is 1. The van der Waals surface area contributed by atoms with E-state index in [1.165, 1.54) is 5.56 Å². The van der Waals surface area contributed by atoms with E-state index in [4.69, 9.17) is 5.11 Å². The number of benzene rings is 2. The normalized spacial score (nSPS) is 7.83. The molecule has 2 aromatic carbocycles. The Hall–Kier alpha value is -2.28. The predicted molar refractivity (Wildman–Crippen MR) is 80.5 cm³/mol. The number of allylic oxidation sites excluding steroid dienone is 1. The molecule has 1 heteroatoms. The highest BCUT2D eigenvalue weighted by atomic mass is 16.3. The van der Waals surface area contributed by atoms with E-state index in [1.807, 2.05) is 49.4 Å². The van der Waals surface area contributed by atoms with Gasteiger partial charge in [0.15, 0.2) is 0 Å². The second kappa shape index (κ2) is 11.2. The van der Waals surface area contributed by atoms with Gasteiger partial charge in [0.05, 0.1) is 0 Å². The Labute approximate surface area is 110 Å². The van der Waals surface area contributed by atoms with Crippen LogP contribution in [0.5, 0.6) is 5.75 Å². The molecule has 1 nitrogen and oxygen atoms in total. The van der Waals surface area contributed by atoms with Gasteiger partial charge >= 0.3 is 0 Å². The highest BCUT2D eigenvalue weighted by molar-refractivity contribution is 5.45. The molecule has 0 aliphatic carbocycles. The molecular formula is C17H20O. The quantitative estimate of drug-likeness (QED) is 0.702. The molecule has 94 valence electrons. The summed E-state index contributed by atoms with van der Waals surface area (Å²) in [5, 5.41) is 8.63. The maximum atomic E-state index is 8.63. The largest absolute Gasteiger partial charge is 0.508 e. The molecule has 0 fully saturated rings. The summed E-state index contributed by atoms with van der Waals surface area (Å²) in [6.45, 7) is 8.88. The molecule has 0 unspecified atom stereocenters. The second-order valence-electron chi connectivity index (χ2n) is 3.36. The minimum atomic E-state index is 0.322. The number of hydrogen-bond acceptors (Lipinski definition) is 1. The van der Waals surface area contributed by atoms with E-state index < -0.39 is 0 Å². The van der Waals surface area contributed by atoms with Crippen LogP contribution >= 0.6 is 0 Å². The van der Waals surface area contributed by atoms with Crippen molar-refractivity contribution in [3.05, 3.63) is 85.5 Å². The van der Waals surface area contributed by atoms with Gasteiger partial charge in [-0.25, -0.2) is 0 Å². The summed E-state index contributed by atoms with van der Waals surface area (Å²) in [7, 11) is 0. The van der Waals surface area contributed by atoms with Crippen LogP contribution in [0.25, 0.3) is 6.08 Å². The first-order chi connectivity index (χ1) is 8.74. The number of hydrogen-bond donors (Lipinski definition) is 1. The predicted octanol–water partition coefficient (Wildman–Crippen LogP) is 4.91. The molecular weight excluding hydrogens is 220 g/mol. The summed E-state index contributed by atoms with van der Waals surface area (Å²) in [6, 6.07) is 18.7. The lowest BCUT2D eigenvalue weighted by Gasteiger charge is -1.85. The van der Waals surface area contributed by atoms with Crippen molar-refractivity contribution in [2.24, 2.45) is 0 Å². The molecule has 2 aromatic rings. The van der Waals surface area contributed by atoms with Crippen LogP contribution in [0.3, 0.4) is 0 Å². The van der Waals surface area contributed by atoms with Crippen molar-refractivity contribution in [3.8, 4) is 5.75 Å². The van der Waals surface area contributed by atoms with Crippen molar-refractivity contribution < 1.29 is 5.11 Å². The first-order valence-corrected chi connectivity index (χ1v) is 5.73. The van der Waals surface area contributed by atoms with Crippen LogP contribution in [0.4, 0.5) is 0 Å². The van der Waals surface area contributed by atoms with Crippen LogP contribution in [0.1, 0.15) is 12.5 Å². The van der Waals surface area contributed by atoms with E-state index in [9.17, 15) is 0 Å². The van der Waals surface area contributed by atoms with Gasteiger partial charge in [-0.1, -0.05) is 67.3 Å². The zero-order valence-electron chi connectivity index (χ0n) is 10.8. The van der Waals surface area contributed by atoms with Crippen molar-refractivity contribution in [2.45, 2.75) is 6.92 Å². The molecule has 0 bridgehead atoms. The number of rotatable bonds is 1. The van der Waals surface area contributed by atoms with Crippen LogP contribution in [-0.2, 0) is 0 Å². The average Bonchev–Trinajstić information content (AvgIpc) is 2.42. The van der Waals surface area contributed by atoms with E-state index in [0.29, 0.717) is 5.75 Å². The fraction of sp³-hybridized carbons (Fsp3) is 0.0588. The van der Waals surface area contributed by atoms with Crippen molar-refractivity contribution >= 4 is 6.08 Å². The lowest BCUT2D eigenvalue weighted by molar-refractivity contribution is 0.475. The van der Waals surface area contributed by atoms with Gasteiger partial charge in [-0.3, -0.25) is 0 Å². The van der Waals surface area contributed by atoms with Crippen LogP contribution in [0, 0.1) is 0 Å². The Balaban J connectivity index is 0.000000267. The third kappa shape index (κ3) is 8.98. The summed E-state index contributed by atoms with van der Waals surface area (Å²) in [4.78, 5) is 0. The van der Waals surface area contributed by atoms with Gasteiger partial charge in [-0.05, 0) is 24.6 Å². The van der Waals surface area contributed by atoms with E-state index in [-0.39, 0.29) is 0 Å². The molecule has 18 heavy (non-hydrogen) atoms. The smallest absolute Gasteiger partial charge is 0.115 e. The van der Waals surface area contributed by atoms with Gasteiger partial charge in [-0.2, -0.15) is 0 Å². The van der Waals surface area contributed by atoms with Crippen LogP contribution < -0.4 is 0 Å². The second-order valence-corrected chi connectivity index (χ2v) is 3.36. The summed E-state index contributed by atoms with van der Waals surface area (Å²) < 4.78 is 0. The third-order valence-corrected chi connectivity index (χ3v) is 1.79. The zero-order valence-corrected chi connectivity index (χ0v) is 10.8. The molecule has 0 radical (unpaired) electrons. The fourth-order valence-corrected chi connectivity index (χ4v) is 1.02. The minimum Gasteiger partial charge on any atom is -0.508 e. The van der Waals surface area contributed by atoms with Gasteiger partial charge in [0, 0.05) is 0 Å². The van der Waals surface area contributed by atoms with E-state index in [2.05, 4.69) is 13.2 Å². The van der Waals surface area contributed by atoms with Crippen molar-refractivity contribution in [2.75, 3.05) is 0 Å². The monoisotopic (exact) mass is 240 g/mol. The van der Waals surface area contributed by atoms with Gasteiger partial charge in [0.1, 0.15) is 5.75 Å². The van der Waals surface area contributed by atoms with Gasteiger partial charge in [0.25, 0.3) is 0 Å². The lowest BCUT2D eigenvalue weighted by atomic mass is 10.2. The first-order valence-electron chi connectivity index (χ1n) is 5.73. The molecule has 2 rings (SSSR count). The maximum Gasteiger partial charge on any atom is 0.115 e. The van der Waals surface area contributed by atoms with E-state index in [1.54, 1.807) is 30.3 Å². The Morgan fingerprint density at radius 3 is 1.44 bits per heavy atom. The highest BCUT2D eigenvalue weighted by Gasteiger charge is 1.76. The van der Waals surface area contributed by atoms with Crippen LogP contribution in [0.15, 0.2) is 79.9 Å². The Morgan fingerprint density at radius 2 is 1.22 bits per heavy atom. The van der Waals surface area contributed by atoms with Crippen LogP contribution in [0.2, 0.25) is 0 Å². The fourth-order valence-electron chi connectivity index (χ4n) is 1.02. The molecule has 0 amide bonds. The van der Waals surface area contributed by atoms with E-state index >= 15 is 0 Å². The summed E-state index contributed by atoms with van der Waals surface area (Å²) >= 11 is 0. The number of aromatic hydroxyl groups is 1. The molecule has 0 saturated carbocycles. The van der Waals surface area contributed by atoms with Gasteiger partial charge in [0.2, 0.25) is 0 Å². The Kier molecular flexibility index (Phi) is 9.79. The molecule has 0 saturated heterocycles. The number of para-hydroxylation sites is 1. The first kappa shape index (κ1) is 15.7. The highest BCUT2D eigenvalue weighted by Crippen LogP contribution is 2.02. The van der Waals surface area contributed by atoms with Crippen molar-refractivity contribution in [3.63, 3.8) is 0 Å². The molecule has 0 spiro atoms. The molecule has 0 heterocycles. The summed E-state index contributed by atoms with van der Waals surface area (Å²) in [5.74, 6) is 0.322. The van der Waals surface area contributed by atoms with E-state index in [0.717, 1.165) is 0 Å². The Morgan fingerprint density at radius 1 is 0.833 bits per heavy atom. The van der Waals surface area contributed by atoms with Gasteiger partial charge in [-0.15, -0.1) is 6.58 Å². The summed E-state index contributed by atoms with van der Waals surface area (Å²) in [5.41, 5.74) is 1.17. The number of phenols is 1. The maximum absolute atomic E-state index is 8.63. The van der Waals surface area contributed by atoms with Gasteiger partial charge < -0.3 is 5.11 Å². The molecule has 0 atom stereocenters. The standard InChI is InChI=1S/C8H8.C6H6O.C3H6/c1-2-8-6-4-3-5-7-8;7-6-4-2-1-3-5-6;1-3-2/h2-7H,1H2;1-5,7H;3H,1H2,2H3. The Bertz CT molecular complexity index is 418. The molecule has 1 N–H and O–H groups in total. The van der Waals surface area contributed by atoms with Crippen LogP contribution in [-0.4, -0.2) is 5.11 Å².